The summed E-state index contributed by atoms with van der Waals surface area (Å²) in [4.78, 5) is 30.0. The van der Waals surface area contributed by atoms with Crippen LogP contribution in [0.5, 0.6) is 0 Å². The minimum Gasteiger partial charge on any atom is -0.464 e. The van der Waals surface area contributed by atoms with Crippen LogP contribution >= 0.6 is 0 Å². The SMILES string of the molecule is CCOC(=O)[C@H](CC(C)C)N(C(=O)OCC)S(=O)(=O)c1ccc(Cn2c(C)nc3c2C=CNC3)cc1. The zero-order valence-corrected chi connectivity index (χ0v) is 22.2. The van der Waals surface area contributed by atoms with E-state index in [1.165, 1.54) is 12.1 Å². The molecule has 2 heterocycles. The first-order valence-electron chi connectivity index (χ1n) is 12.0. The van der Waals surface area contributed by atoms with Crippen LogP contribution in [0.4, 0.5) is 4.79 Å². The molecule has 0 spiro atoms. The Morgan fingerprint density at radius 2 is 1.81 bits per heavy atom. The van der Waals surface area contributed by atoms with E-state index in [9.17, 15) is 18.0 Å². The van der Waals surface area contributed by atoms with E-state index < -0.39 is 28.1 Å². The van der Waals surface area contributed by atoms with Crippen LogP contribution in [0.25, 0.3) is 6.08 Å². The van der Waals surface area contributed by atoms with Crippen LogP contribution in [0.2, 0.25) is 0 Å². The number of amides is 1. The fraction of sp³-hybridized carbons (Fsp3) is 0.480. The van der Waals surface area contributed by atoms with Crippen molar-refractivity contribution in [1.29, 1.82) is 0 Å². The summed E-state index contributed by atoms with van der Waals surface area (Å²) in [7, 11) is -4.41. The third-order valence-electron chi connectivity index (χ3n) is 5.71. The van der Waals surface area contributed by atoms with E-state index in [1.54, 1.807) is 26.0 Å². The number of ether oxygens (including phenoxy) is 2. The van der Waals surface area contributed by atoms with Crippen molar-refractivity contribution >= 4 is 28.2 Å². The maximum Gasteiger partial charge on any atom is 0.424 e. The van der Waals surface area contributed by atoms with E-state index >= 15 is 0 Å². The molecule has 0 saturated heterocycles. The molecule has 1 aliphatic heterocycles. The molecule has 1 N–H and O–H groups in total. The minimum atomic E-state index is -4.41. The molecule has 11 heteroatoms. The van der Waals surface area contributed by atoms with Gasteiger partial charge in [0, 0.05) is 6.54 Å². The molecule has 0 fully saturated rings. The standard InChI is InChI=1S/C25H34N4O6S/c1-6-34-24(30)23(14-17(3)4)29(25(31)35-7-2)36(32,33)20-10-8-19(9-11-20)16-28-18(5)27-21-15-26-13-12-22(21)28/h8-13,17,23,26H,6-7,14-16H2,1-5H3/t23-/m0/s1. The lowest BCUT2D eigenvalue weighted by Crippen LogP contribution is -2.50. The van der Waals surface area contributed by atoms with E-state index in [0.717, 1.165) is 22.8 Å². The van der Waals surface area contributed by atoms with Crippen LogP contribution < -0.4 is 5.32 Å². The lowest BCUT2D eigenvalue weighted by atomic mass is 10.0. The summed E-state index contributed by atoms with van der Waals surface area (Å²) in [6.45, 7) is 9.95. The molecular weight excluding hydrogens is 484 g/mol. The van der Waals surface area contributed by atoms with Gasteiger partial charge in [0.05, 0.1) is 36.0 Å². The maximum absolute atomic E-state index is 13.6. The van der Waals surface area contributed by atoms with Gasteiger partial charge in [0.2, 0.25) is 0 Å². The third kappa shape index (κ3) is 5.89. The number of fused-ring (bicyclic) bond motifs is 1. The predicted octanol–water partition coefficient (Wildman–Crippen LogP) is 3.44. The second kappa shape index (κ2) is 11.6. The summed E-state index contributed by atoms with van der Waals surface area (Å²) >= 11 is 0. The number of benzene rings is 1. The minimum absolute atomic E-state index is 0.0421. The Bertz CT molecular complexity index is 1220. The summed E-state index contributed by atoms with van der Waals surface area (Å²) in [5.74, 6) is -0.0191. The first-order valence-corrected chi connectivity index (χ1v) is 13.5. The van der Waals surface area contributed by atoms with Crippen molar-refractivity contribution < 1.29 is 27.5 Å². The Morgan fingerprint density at radius 1 is 1.14 bits per heavy atom. The quantitative estimate of drug-likeness (QED) is 0.475. The number of sulfonamides is 1. The molecule has 1 amide bonds. The second-order valence-electron chi connectivity index (χ2n) is 8.83. The van der Waals surface area contributed by atoms with Gasteiger partial charge in [-0.15, -0.1) is 0 Å². The molecule has 0 bridgehead atoms. The van der Waals surface area contributed by atoms with Gasteiger partial charge >= 0.3 is 12.1 Å². The molecule has 0 radical (unpaired) electrons. The van der Waals surface area contributed by atoms with Crippen LogP contribution in [-0.4, -0.2) is 53.6 Å². The maximum atomic E-state index is 13.6. The first kappa shape index (κ1) is 27.3. The smallest absolute Gasteiger partial charge is 0.424 e. The van der Waals surface area contributed by atoms with Gasteiger partial charge in [-0.2, -0.15) is 4.31 Å². The van der Waals surface area contributed by atoms with E-state index in [-0.39, 0.29) is 30.4 Å². The predicted molar refractivity (Wildman–Crippen MR) is 134 cm³/mol. The largest absolute Gasteiger partial charge is 0.464 e. The van der Waals surface area contributed by atoms with Crippen molar-refractivity contribution in [2.75, 3.05) is 13.2 Å². The molecule has 36 heavy (non-hydrogen) atoms. The number of carbonyl (C=O) groups excluding carboxylic acids is 2. The van der Waals surface area contributed by atoms with Gasteiger partial charge in [0.15, 0.2) is 0 Å². The molecule has 0 saturated carbocycles. The molecule has 0 unspecified atom stereocenters. The molecule has 1 aromatic carbocycles. The molecule has 10 nitrogen and oxygen atoms in total. The highest BCUT2D eigenvalue weighted by molar-refractivity contribution is 7.89. The number of carbonyl (C=O) groups is 2. The lowest BCUT2D eigenvalue weighted by Gasteiger charge is -2.29. The summed E-state index contributed by atoms with van der Waals surface area (Å²) in [6.07, 6.45) is 2.82. The second-order valence-corrected chi connectivity index (χ2v) is 10.6. The van der Waals surface area contributed by atoms with Gasteiger partial charge in [0.1, 0.15) is 11.9 Å². The Labute approximate surface area is 212 Å². The zero-order chi connectivity index (χ0) is 26.5. The van der Waals surface area contributed by atoms with Gasteiger partial charge in [0.25, 0.3) is 10.0 Å². The fourth-order valence-corrected chi connectivity index (χ4v) is 5.53. The summed E-state index contributed by atoms with van der Waals surface area (Å²) < 4.78 is 40.0. The normalized spacial score (nSPS) is 13.6. The third-order valence-corrected chi connectivity index (χ3v) is 7.50. The van der Waals surface area contributed by atoms with Crippen molar-refractivity contribution in [2.24, 2.45) is 5.92 Å². The van der Waals surface area contributed by atoms with Gasteiger partial charge < -0.3 is 19.4 Å². The van der Waals surface area contributed by atoms with Crippen LogP contribution in [-0.2, 0) is 37.4 Å². The molecule has 196 valence electrons. The van der Waals surface area contributed by atoms with Crippen molar-refractivity contribution in [3.05, 3.63) is 53.2 Å². The number of nitrogens with zero attached hydrogens (tertiary/aromatic N) is 3. The number of aromatic nitrogens is 2. The van der Waals surface area contributed by atoms with Crippen molar-refractivity contribution in [3.63, 3.8) is 0 Å². The zero-order valence-electron chi connectivity index (χ0n) is 21.4. The number of hydrogen-bond acceptors (Lipinski definition) is 8. The van der Waals surface area contributed by atoms with Crippen molar-refractivity contribution in [2.45, 2.75) is 65.1 Å². The fourth-order valence-electron chi connectivity index (χ4n) is 4.07. The van der Waals surface area contributed by atoms with Gasteiger partial charge in [-0.1, -0.05) is 26.0 Å². The summed E-state index contributed by atoms with van der Waals surface area (Å²) in [5.41, 5.74) is 2.81. The van der Waals surface area contributed by atoms with Crippen LogP contribution in [0, 0.1) is 12.8 Å². The number of rotatable bonds is 10. The molecule has 1 atom stereocenters. The summed E-state index contributed by atoms with van der Waals surface area (Å²) in [6, 6.07) is 4.91. The Hall–Kier alpha value is -3.34. The number of aryl methyl sites for hydroxylation is 1. The van der Waals surface area contributed by atoms with Crippen LogP contribution in [0.1, 0.15) is 56.9 Å². The van der Waals surface area contributed by atoms with Gasteiger partial charge in [-0.25, -0.2) is 23.0 Å². The molecule has 2 aromatic rings. The highest BCUT2D eigenvalue weighted by atomic mass is 32.2. The average Bonchev–Trinajstić information content (AvgIpc) is 3.14. The molecule has 1 aliphatic rings. The molecular formula is C25H34N4O6S. The number of nitrogens with one attached hydrogen (secondary N) is 1. The van der Waals surface area contributed by atoms with E-state index in [0.29, 0.717) is 17.4 Å². The highest BCUT2D eigenvalue weighted by Gasteiger charge is 2.42. The van der Waals surface area contributed by atoms with Crippen molar-refractivity contribution in [3.8, 4) is 0 Å². The number of esters is 1. The Morgan fingerprint density at radius 3 is 2.42 bits per heavy atom. The Balaban J connectivity index is 1.94. The van der Waals surface area contributed by atoms with Gasteiger partial charge in [-0.3, -0.25) is 0 Å². The van der Waals surface area contributed by atoms with Crippen LogP contribution in [0.3, 0.4) is 0 Å². The average molecular weight is 519 g/mol. The molecule has 0 aliphatic carbocycles. The van der Waals surface area contributed by atoms with Crippen LogP contribution in [0.15, 0.2) is 35.4 Å². The highest BCUT2D eigenvalue weighted by Crippen LogP contribution is 2.25. The van der Waals surface area contributed by atoms with Gasteiger partial charge in [-0.05, 0) is 63.1 Å². The van der Waals surface area contributed by atoms with E-state index in [4.69, 9.17) is 9.47 Å². The number of hydrogen-bond donors (Lipinski definition) is 1. The van der Waals surface area contributed by atoms with Crippen molar-refractivity contribution in [1.82, 2.24) is 19.2 Å². The summed E-state index contributed by atoms with van der Waals surface area (Å²) in [5, 5.41) is 3.14. The Kier molecular flexibility index (Phi) is 8.78. The molecule has 3 rings (SSSR count). The monoisotopic (exact) mass is 518 g/mol. The number of imidazole rings is 1. The first-order chi connectivity index (χ1) is 17.1. The van der Waals surface area contributed by atoms with E-state index in [1.807, 2.05) is 33.0 Å². The topological polar surface area (TPSA) is 120 Å². The van der Waals surface area contributed by atoms with E-state index in [2.05, 4.69) is 14.9 Å². The lowest BCUT2D eigenvalue weighted by molar-refractivity contribution is -0.147. The molecule has 1 aromatic heterocycles.